The summed E-state index contributed by atoms with van der Waals surface area (Å²) >= 11 is 1.68. The van der Waals surface area contributed by atoms with Gasteiger partial charge >= 0.3 is 23.1 Å². The van der Waals surface area contributed by atoms with E-state index in [-0.39, 0.29) is 64.8 Å². The standard InChI is InChI=1S/C7H8FNO2S.C6H5FOS.C4H8O.CH3.ClH.Mg/c1-9(11-2)7(10)5-3-4-6(8)12-5;1-4(8)5-2-3-6(7)9-5;1-2-4-5-3-1;;;/h3-4H,1-2H3;2-3H,1H3;1-4H2;1H3;1H;/q;;;-1;;+2/p-1. The summed E-state index contributed by atoms with van der Waals surface area (Å²) in [6, 6.07) is 5.46. The van der Waals surface area contributed by atoms with Gasteiger partial charge in [-0.05, 0) is 44.0 Å². The van der Waals surface area contributed by atoms with E-state index in [1.54, 1.807) is 0 Å². The van der Waals surface area contributed by atoms with Gasteiger partial charge in [0.1, 0.15) is 0 Å². The molecule has 0 bridgehead atoms. The smallest absolute Gasteiger partial charge is 1.00 e. The van der Waals surface area contributed by atoms with Crippen LogP contribution in [-0.4, -0.2) is 67.2 Å². The van der Waals surface area contributed by atoms with Crippen LogP contribution in [0.4, 0.5) is 8.78 Å². The van der Waals surface area contributed by atoms with Gasteiger partial charge < -0.3 is 24.6 Å². The fourth-order valence-corrected chi connectivity index (χ4v) is 3.01. The second kappa shape index (κ2) is 18.2. The molecule has 1 saturated heterocycles. The predicted molar refractivity (Wildman–Crippen MR) is 110 cm³/mol. The molecule has 2 aromatic heterocycles. The van der Waals surface area contributed by atoms with Crippen LogP contribution < -0.4 is 12.4 Å². The van der Waals surface area contributed by atoms with Crippen molar-refractivity contribution in [2.75, 3.05) is 27.4 Å². The van der Waals surface area contributed by atoms with E-state index >= 15 is 0 Å². The Hall–Kier alpha value is -0.624. The average Bonchev–Trinajstić information content (AvgIpc) is 3.37. The second-order valence-electron chi connectivity index (χ2n) is 5.07. The van der Waals surface area contributed by atoms with Crippen molar-refractivity contribution in [1.29, 1.82) is 0 Å². The topological polar surface area (TPSA) is 55.8 Å². The molecular formula is C18H24ClF2MgNO4S2. The summed E-state index contributed by atoms with van der Waals surface area (Å²) in [4.78, 5) is 27.2. The molecule has 0 unspecified atom stereocenters. The van der Waals surface area contributed by atoms with E-state index in [4.69, 9.17) is 4.74 Å². The fraction of sp³-hybridized carbons (Fsp3) is 0.389. The molecule has 1 aliphatic rings. The summed E-state index contributed by atoms with van der Waals surface area (Å²) < 4.78 is 29.6. The van der Waals surface area contributed by atoms with Gasteiger partial charge in [-0.1, -0.05) is 0 Å². The number of carbonyl (C=O) groups is 2. The van der Waals surface area contributed by atoms with Crippen molar-refractivity contribution in [1.82, 2.24) is 5.06 Å². The number of halogens is 3. The van der Waals surface area contributed by atoms with Crippen molar-refractivity contribution < 1.29 is 40.4 Å². The molecule has 2 aromatic rings. The maximum atomic E-state index is 12.5. The first-order chi connectivity index (χ1) is 12.3. The van der Waals surface area contributed by atoms with Gasteiger partial charge in [-0.15, -0.1) is 22.7 Å². The zero-order chi connectivity index (χ0) is 19.5. The third kappa shape index (κ3) is 13.3. The number of Topliss-reactive ketones (excluding diaryl/α,β-unsaturated/α-hetero) is 1. The molecule has 3 heterocycles. The summed E-state index contributed by atoms with van der Waals surface area (Å²) in [6.45, 7) is 3.42. The largest absolute Gasteiger partial charge is 2.00 e. The van der Waals surface area contributed by atoms with Crippen molar-refractivity contribution in [3.8, 4) is 0 Å². The van der Waals surface area contributed by atoms with Gasteiger partial charge in [-0.3, -0.25) is 14.4 Å². The number of rotatable bonds is 3. The molecule has 0 N–H and O–H groups in total. The quantitative estimate of drug-likeness (QED) is 0.289. The molecule has 0 spiro atoms. The minimum absolute atomic E-state index is 0. The van der Waals surface area contributed by atoms with Gasteiger partial charge in [-0.25, -0.2) is 5.06 Å². The number of carbonyl (C=O) groups excluding carboxylic acids is 2. The summed E-state index contributed by atoms with van der Waals surface area (Å²) in [5.74, 6) is -0.421. The number of ketones is 1. The van der Waals surface area contributed by atoms with E-state index in [1.807, 2.05) is 0 Å². The van der Waals surface area contributed by atoms with Crippen LogP contribution in [0.5, 0.6) is 0 Å². The number of hydroxylamine groups is 2. The number of nitrogens with zero attached hydrogens (tertiary/aromatic N) is 1. The summed E-state index contributed by atoms with van der Waals surface area (Å²) in [5, 5.41) is 0.369. The van der Waals surface area contributed by atoms with Gasteiger partial charge in [0.05, 0.1) is 16.9 Å². The van der Waals surface area contributed by atoms with Crippen molar-refractivity contribution in [2.24, 2.45) is 0 Å². The normalized spacial score (nSPS) is 11.2. The number of amides is 1. The Morgan fingerprint density at radius 1 is 1.03 bits per heavy atom. The van der Waals surface area contributed by atoms with Crippen molar-refractivity contribution >= 4 is 57.4 Å². The van der Waals surface area contributed by atoms with E-state index in [1.165, 1.54) is 58.2 Å². The molecule has 0 radical (unpaired) electrons. The Balaban J connectivity index is -0.000000355. The Morgan fingerprint density at radius 3 is 1.72 bits per heavy atom. The average molecular weight is 480 g/mol. The molecule has 29 heavy (non-hydrogen) atoms. The Kier molecular flexibility index (Phi) is 20.7. The first kappa shape index (κ1) is 33.0. The van der Waals surface area contributed by atoms with Gasteiger partial charge in [-0.2, -0.15) is 8.78 Å². The molecule has 0 aliphatic carbocycles. The van der Waals surface area contributed by atoms with Crippen LogP contribution in [-0.2, 0) is 9.57 Å². The van der Waals surface area contributed by atoms with Crippen molar-refractivity contribution in [3.05, 3.63) is 51.7 Å². The molecule has 5 nitrogen and oxygen atoms in total. The van der Waals surface area contributed by atoms with Crippen LogP contribution in [0.25, 0.3) is 0 Å². The van der Waals surface area contributed by atoms with Crippen LogP contribution in [0, 0.1) is 17.7 Å². The molecule has 11 heteroatoms. The number of hydrogen-bond acceptors (Lipinski definition) is 6. The first-order valence-corrected chi connectivity index (χ1v) is 9.40. The molecule has 0 saturated carbocycles. The van der Waals surface area contributed by atoms with Gasteiger partial charge in [0, 0.05) is 20.3 Å². The SMILES string of the molecule is C1CCOC1.CC(=O)c1ccc(F)s1.CON(C)C(=O)c1ccc(F)s1.[CH3-].[Cl-].[Mg+2]. The molecule has 3 rings (SSSR count). The minimum atomic E-state index is -0.372. The Morgan fingerprint density at radius 2 is 1.48 bits per heavy atom. The van der Waals surface area contributed by atoms with E-state index in [2.05, 4.69) is 4.84 Å². The maximum Gasteiger partial charge on any atom is 2.00 e. The fourth-order valence-electron chi connectivity index (χ4n) is 1.68. The molecule has 1 aliphatic heterocycles. The third-order valence-corrected chi connectivity index (χ3v) is 4.93. The minimum Gasteiger partial charge on any atom is -1.00 e. The maximum absolute atomic E-state index is 12.5. The van der Waals surface area contributed by atoms with Gasteiger partial charge in [0.2, 0.25) is 0 Å². The second-order valence-corrected chi connectivity index (χ2v) is 7.14. The van der Waals surface area contributed by atoms with Crippen LogP contribution in [0.15, 0.2) is 24.3 Å². The Labute approximate surface area is 200 Å². The summed E-state index contributed by atoms with van der Waals surface area (Å²) in [5.41, 5.74) is 0. The van der Waals surface area contributed by atoms with Crippen LogP contribution in [0.2, 0.25) is 0 Å². The molecule has 0 atom stereocenters. The first-order valence-electron chi connectivity index (χ1n) is 7.76. The number of thiophene rings is 2. The van der Waals surface area contributed by atoms with Crippen molar-refractivity contribution in [2.45, 2.75) is 19.8 Å². The number of ether oxygens (including phenoxy) is 1. The summed E-state index contributed by atoms with van der Waals surface area (Å²) in [6.07, 6.45) is 2.56. The van der Waals surface area contributed by atoms with E-state index in [0.717, 1.165) is 41.0 Å². The predicted octanol–water partition coefficient (Wildman–Crippen LogP) is 1.48. The monoisotopic (exact) mass is 479 g/mol. The molecule has 1 amide bonds. The molecule has 160 valence electrons. The number of hydrogen-bond donors (Lipinski definition) is 0. The molecular weight excluding hydrogens is 456 g/mol. The third-order valence-electron chi connectivity index (χ3n) is 3.09. The van der Waals surface area contributed by atoms with Gasteiger partial charge in [0.15, 0.2) is 16.0 Å². The van der Waals surface area contributed by atoms with E-state index in [0.29, 0.717) is 9.75 Å². The van der Waals surface area contributed by atoms with E-state index in [9.17, 15) is 18.4 Å². The summed E-state index contributed by atoms with van der Waals surface area (Å²) in [7, 11) is 2.85. The van der Waals surface area contributed by atoms with Crippen LogP contribution in [0.1, 0.15) is 39.1 Å². The van der Waals surface area contributed by atoms with Crippen molar-refractivity contribution in [3.63, 3.8) is 0 Å². The Bertz CT molecular complexity index is 704. The van der Waals surface area contributed by atoms with Crippen LogP contribution in [0.3, 0.4) is 0 Å². The molecule has 0 aromatic carbocycles. The zero-order valence-electron chi connectivity index (χ0n) is 16.9. The zero-order valence-corrected chi connectivity index (χ0v) is 20.7. The van der Waals surface area contributed by atoms with E-state index < -0.39 is 0 Å². The van der Waals surface area contributed by atoms with Crippen LogP contribution >= 0.6 is 22.7 Å². The van der Waals surface area contributed by atoms with Gasteiger partial charge in [0.25, 0.3) is 5.91 Å². The molecule has 1 fully saturated rings.